The maximum absolute atomic E-state index is 12.4. The molecule has 0 N–H and O–H groups in total. The fourth-order valence-corrected chi connectivity index (χ4v) is 3.19. The van der Waals surface area contributed by atoms with Gasteiger partial charge in [-0.3, -0.25) is 4.79 Å². The quantitative estimate of drug-likeness (QED) is 0.373. The molecule has 3 heteroatoms. The summed E-state index contributed by atoms with van der Waals surface area (Å²) in [7, 11) is 0. The Morgan fingerprint density at radius 3 is 1.06 bits per heavy atom. The van der Waals surface area contributed by atoms with E-state index in [0.717, 1.165) is 42.2 Å². The molecule has 0 aromatic carbocycles. The Hall–Kier alpha value is 0.189. The Morgan fingerprint density at radius 2 is 0.774 bits per heavy atom. The van der Waals surface area contributed by atoms with Crippen molar-refractivity contribution in [3.63, 3.8) is 0 Å². The molecule has 0 bridgehead atoms. The van der Waals surface area contributed by atoms with Gasteiger partial charge in [-0.05, 0) is 146 Å². The molecule has 5 aliphatic rings. The van der Waals surface area contributed by atoms with Gasteiger partial charge in [-0.2, -0.15) is 0 Å². The summed E-state index contributed by atoms with van der Waals surface area (Å²) in [6.45, 7) is 0. The first-order valence-corrected chi connectivity index (χ1v) is 10.1. The van der Waals surface area contributed by atoms with Crippen LogP contribution in [0.1, 0.15) is 19.3 Å². The molecule has 1 nitrogen and oxygen atoms in total. The van der Waals surface area contributed by atoms with Crippen LogP contribution in [0.5, 0.6) is 0 Å². The van der Waals surface area contributed by atoms with Crippen LogP contribution in [0.25, 0.3) is 0 Å². The molecule has 5 fully saturated rings. The molecule has 0 aliphatic heterocycles. The molecule has 0 heterocycles. The maximum Gasteiger partial charge on any atom is 0.184 e. The van der Waals surface area contributed by atoms with Crippen LogP contribution in [0.15, 0.2) is 23.3 Å². The molecular weight excluding hydrogens is 464 g/mol. The van der Waals surface area contributed by atoms with Crippen LogP contribution >= 0.6 is 0 Å². The molecular formula is C28H26Fe2O. The molecule has 31 heavy (non-hydrogen) atoms. The molecule has 160 valence electrons. The largest absolute Gasteiger partial charge is 0.289 e. The first kappa shape index (κ1) is 29.2. The zero-order valence-corrected chi connectivity index (χ0v) is 19.5. The predicted molar refractivity (Wildman–Crippen MR) is 119 cm³/mol. The first-order valence-electron chi connectivity index (χ1n) is 10.1. The Labute approximate surface area is 214 Å². The van der Waals surface area contributed by atoms with Crippen molar-refractivity contribution in [3.8, 4) is 0 Å². The third-order valence-corrected chi connectivity index (χ3v) is 4.65. The monoisotopic (exact) mass is 490 g/mol. The first-order chi connectivity index (χ1) is 14.3. The summed E-state index contributed by atoms with van der Waals surface area (Å²) in [5, 5.41) is 0. The van der Waals surface area contributed by atoms with Gasteiger partial charge in [0.25, 0.3) is 0 Å². The van der Waals surface area contributed by atoms with Crippen molar-refractivity contribution in [2.75, 3.05) is 0 Å². The van der Waals surface area contributed by atoms with Crippen molar-refractivity contribution in [3.05, 3.63) is 151 Å². The van der Waals surface area contributed by atoms with Gasteiger partial charge >= 0.3 is 0 Å². The van der Waals surface area contributed by atoms with E-state index in [4.69, 9.17) is 0 Å². The molecule has 0 amide bonds. The molecule has 0 aromatic rings. The topological polar surface area (TPSA) is 17.1 Å². The minimum absolute atomic E-state index is 0. The van der Waals surface area contributed by atoms with Gasteiger partial charge in [-0.15, -0.1) is 0 Å². The molecule has 0 atom stereocenters. The number of rotatable bonds is 2. The predicted octanol–water partition coefficient (Wildman–Crippen LogP) is 5.44. The van der Waals surface area contributed by atoms with E-state index in [2.05, 4.69) is 0 Å². The van der Waals surface area contributed by atoms with E-state index in [-0.39, 0.29) is 39.9 Å². The van der Waals surface area contributed by atoms with Crippen LogP contribution in [0.3, 0.4) is 0 Å². The SMILES string of the molecule is O=C1/C(=C/[C]2[CH][CH][CH][CH]2)CCC/C1=C\[C]1[CH][CH][CH][CH]1.[CH]1[CH][CH][CH][CH]1.[CH]1[CH][CH][CH][CH]1.[Fe].[Fe]. The average molecular weight is 490 g/mol. The van der Waals surface area contributed by atoms with Gasteiger partial charge in [0.2, 0.25) is 0 Å². The molecule has 0 aromatic heterocycles. The van der Waals surface area contributed by atoms with Gasteiger partial charge in [0.15, 0.2) is 5.78 Å². The second kappa shape index (κ2) is 17.6. The van der Waals surface area contributed by atoms with Crippen LogP contribution in [0.4, 0.5) is 0 Å². The number of carbonyl (C=O) groups is 1. The van der Waals surface area contributed by atoms with E-state index < -0.39 is 0 Å². The van der Waals surface area contributed by atoms with Crippen molar-refractivity contribution in [2.45, 2.75) is 19.3 Å². The van der Waals surface area contributed by atoms with Crippen LogP contribution in [0.2, 0.25) is 0 Å². The number of allylic oxidation sites excluding steroid dienone is 4. The molecule has 0 unspecified atom stereocenters. The Balaban J connectivity index is 0.000000331. The standard InChI is InChI=1S/C18H16O.2C5H5.2Fe/c19-18-16(12-14-6-1-2-7-14)10-5-11-17(18)13-15-8-3-4-9-15;2*1-2-4-5-3-1;;/h1-4,6-9,12-13H,5,10-11H2;2*1-5H;;/b16-12+,17-13+;;;;. The number of carbonyl (C=O) groups excluding carboxylic acids is 1. The fourth-order valence-electron chi connectivity index (χ4n) is 3.19. The molecule has 5 saturated carbocycles. The van der Waals surface area contributed by atoms with Gasteiger partial charge in [0.05, 0.1) is 0 Å². The Morgan fingerprint density at radius 1 is 0.484 bits per heavy atom. The molecule has 0 saturated heterocycles. The van der Waals surface area contributed by atoms with Crippen LogP contribution in [0, 0.1) is 127 Å². The fraction of sp³-hybridized carbons (Fsp3) is 0.107. The number of ketones is 1. The van der Waals surface area contributed by atoms with Crippen molar-refractivity contribution in [1.82, 2.24) is 0 Å². The Bertz CT molecular complexity index is 470. The summed E-state index contributed by atoms with van der Waals surface area (Å²) < 4.78 is 0. The van der Waals surface area contributed by atoms with Gasteiger partial charge in [-0.25, -0.2) is 0 Å². The zero-order valence-electron chi connectivity index (χ0n) is 17.3. The third-order valence-electron chi connectivity index (χ3n) is 4.65. The van der Waals surface area contributed by atoms with E-state index in [1.54, 1.807) is 0 Å². The van der Waals surface area contributed by atoms with Gasteiger partial charge in [0.1, 0.15) is 0 Å². The van der Waals surface area contributed by atoms with Gasteiger partial charge in [0, 0.05) is 46.0 Å². The molecule has 5 aliphatic carbocycles. The number of hydrogen-bond donors (Lipinski definition) is 0. The Kier molecular flexibility index (Phi) is 16.6. The zero-order chi connectivity index (χ0) is 20.2. The minimum atomic E-state index is 0. The van der Waals surface area contributed by atoms with Crippen LogP contribution in [-0.4, -0.2) is 5.78 Å². The third kappa shape index (κ3) is 11.2. The second-order valence-electron chi connectivity index (χ2n) is 6.88. The van der Waals surface area contributed by atoms with Crippen LogP contribution in [-0.2, 0) is 38.9 Å². The number of Topliss-reactive ketones (excluding diaryl/α,β-unsaturated/α-hetero) is 1. The average Bonchev–Trinajstić information content (AvgIpc) is 3.54. The minimum Gasteiger partial charge on any atom is -0.289 e. The normalized spacial score (nSPS) is 26.6. The smallest absolute Gasteiger partial charge is 0.184 e. The van der Waals surface area contributed by atoms with E-state index in [1.807, 2.05) is 128 Å². The van der Waals surface area contributed by atoms with Crippen molar-refractivity contribution in [1.29, 1.82) is 0 Å². The summed E-state index contributed by atoms with van der Waals surface area (Å²) in [6, 6.07) is 0. The van der Waals surface area contributed by atoms with E-state index in [9.17, 15) is 4.79 Å². The van der Waals surface area contributed by atoms with Crippen molar-refractivity contribution < 1.29 is 38.9 Å². The molecule has 5 rings (SSSR count). The van der Waals surface area contributed by atoms with Crippen LogP contribution < -0.4 is 0 Å². The van der Waals surface area contributed by atoms with Gasteiger partial charge < -0.3 is 0 Å². The summed E-state index contributed by atoms with van der Waals surface area (Å²) in [4.78, 5) is 12.4. The maximum atomic E-state index is 12.4. The van der Waals surface area contributed by atoms with E-state index in [0.29, 0.717) is 0 Å². The molecule has 20 radical (unpaired) electrons. The second-order valence-corrected chi connectivity index (χ2v) is 6.88. The van der Waals surface area contributed by atoms with Gasteiger partial charge in [-0.1, -0.05) is 12.2 Å². The molecule has 0 spiro atoms. The summed E-state index contributed by atoms with van der Waals surface area (Å²) in [5.74, 6) is 2.46. The number of hydrogen-bond acceptors (Lipinski definition) is 1. The van der Waals surface area contributed by atoms with E-state index >= 15 is 0 Å². The summed E-state index contributed by atoms with van der Waals surface area (Å²) in [5.41, 5.74) is 1.88. The summed E-state index contributed by atoms with van der Waals surface area (Å²) in [6.07, 6.45) is 43.0. The van der Waals surface area contributed by atoms with E-state index in [1.165, 1.54) is 0 Å². The van der Waals surface area contributed by atoms with Crippen molar-refractivity contribution in [2.24, 2.45) is 0 Å². The summed E-state index contributed by atoms with van der Waals surface area (Å²) >= 11 is 0. The van der Waals surface area contributed by atoms with Crippen molar-refractivity contribution >= 4 is 5.78 Å².